The molecule has 1 atom stereocenters. The molecule has 0 aromatic rings. The van der Waals surface area contributed by atoms with Crippen molar-refractivity contribution in [3.8, 4) is 0 Å². The Hall–Kier alpha value is -0.830. The zero-order valence-corrected chi connectivity index (χ0v) is 11.5. The SMILES string of the molecule is CC(C(=O)N1CCC(C(C)(C)C)C1)=C1CNC1. The average Bonchev–Trinajstić information content (AvgIpc) is 2.61. The van der Waals surface area contributed by atoms with Gasteiger partial charge in [0.05, 0.1) is 0 Å². The number of amides is 1. The molecule has 0 aromatic heterocycles. The molecule has 2 saturated heterocycles. The van der Waals surface area contributed by atoms with Crippen LogP contribution in [0.25, 0.3) is 0 Å². The second kappa shape index (κ2) is 4.45. The lowest BCUT2D eigenvalue weighted by Crippen LogP contribution is -2.39. The molecule has 2 aliphatic rings. The van der Waals surface area contributed by atoms with Gasteiger partial charge < -0.3 is 10.2 Å². The summed E-state index contributed by atoms with van der Waals surface area (Å²) < 4.78 is 0. The number of carbonyl (C=O) groups is 1. The molecule has 3 nitrogen and oxygen atoms in total. The first-order chi connectivity index (χ1) is 7.89. The molecule has 0 aromatic carbocycles. The highest BCUT2D eigenvalue weighted by molar-refractivity contribution is 5.94. The van der Waals surface area contributed by atoms with Gasteiger partial charge in [0.1, 0.15) is 0 Å². The summed E-state index contributed by atoms with van der Waals surface area (Å²) >= 11 is 0. The van der Waals surface area contributed by atoms with E-state index in [4.69, 9.17) is 0 Å². The van der Waals surface area contributed by atoms with E-state index >= 15 is 0 Å². The lowest BCUT2D eigenvalue weighted by molar-refractivity contribution is -0.126. The van der Waals surface area contributed by atoms with E-state index in [-0.39, 0.29) is 5.91 Å². The van der Waals surface area contributed by atoms with Crippen LogP contribution in [-0.2, 0) is 4.79 Å². The third-order valence-electron chi connectivity index (χ3n) is 4.23. The maximum absolute atomic E-state index is 12.3. The van der Waals surface area contributed by atoms with Crippen molar-refractivity contribution in [2.24, 2.45) is 11.3 Å². The lowest BCUT2D eigenvalue weighted by Gasteiger charge is -2.28. The van der Waals surface area contributed by atoms with E-state index in [0.717, 1.165) is 38.2 Å². The zero-order chi connectivity index (χ0) is 12.6. The Bertz CT molecular complexity index is 346. The quantitative estimate of drug-likeness (QED) is 0.704. The van der Waals surface area contributed by atoms with Gasteiger partial charge in [0.2, 0.25) is 5.91 Å². The van der Waals surface area contributed by atoms with Crippen LogP contribution in [0.1, 0.15) is 34.1 Å². The number of carbonyl (C=O) groups excluding carboxylic acids is 1. The molecule has 2 rings (SSSR count). The van der Waals surface area contributed by atoms with Crippen LogP contribution in [0.15, 0.2) is 11.1 Å². The summed E-state index contributed by atoms with van der Waals surface area (Å²) in [7, 11) is 0. The third kappa shape index (κ3) is 2.54. The topological polar surface area (TPSA) is 32.3 Å². The Morgan fingerprint density at radius 2 is 2.00 bits per heavy atom. The third-order valence-corrected chi connectivity index (χ3v) is 4.23. The predicted octanol–water partition coefficient (Wildman–Crippen LogP) is 1.80. The first-order valence-corrected chi connectivity index (χ1v) is 6.58. The van der Waals surface area contributed by atoms with Gasteiger partial charge in [-0.1, -0.05) is 20.8 Å². The number of rotatable bonds is 1. The van der Waals surface area contributed by atoms with E-state index in [0.29, 0.717) is 11.3 Å². The van der Waals surface area contributed by atoms with Crippen molar-refractivity contribution in [1.29, 1.82) is 0 Å². The van der Waals surface area contributed by atoms with Gasteiger partial charge in [0, 0.05) is 31.8 Å². The number of hydrogen-bond donors (Lipinski definition) is 1. The smallest absolute Gasteiger partial charge is 0.249 e. The monoisotopic (exact) mass is 236 g/mol. The second-order valence-corrected chi connectivity index (χ2v) is 6.43. The Morgan fingerprint density at radius 1 is 1.35 bits per heavy atom. The van der Waals surface area contributed by atoms with Crippen molar-refractivity contribution < 1.29 is 4.79 Å². The molecule has 3 heteroatoms. The van der Waals surface area contributed by atoms with Crippen LogP contribution in [0.3, 0.4) is 0 Å². The Kier molecular flexibility index (Phi) is 3.30. The molecular formula is C14H24N2O. The summed E-state index contributed by atoms with van der Waals surface area (Å²) in [4.78, 5) is 14.3. The zero-order valence-electron chi connectivity index (χ0n) is 11.5. The van der Waals surface area contributed by atoms with Gasteiger partial charge in [0.25, 0.3) is 0 Å². The summed E-state index contributed by atoms with van der Waals surface area (Å²) in [5, 5.41) is 3.19. The maximum Gasteiger partial charge on any atom is 0.249 e. The van der Waals surface area contributed by atoms with Gasteiger partial charge >= 0.3 is 0 Å². The van der Waals surface area contributed by atoms with Crippen molar-refractivity contribution in [3.05, 3.63) is 11.1 Å². The van der Waals surface area contributed by atoms with Crippen LogP contribution in [-0.4, -0.2) is 37.0 Å². The fourth-order valence-corrected chi connectivity index (χ4v) is 2.56. The molecule has 2 aliphatic heterocycles. The molecule has 0 spiro atoms. The minimum absolute atomic E-state index is 0.258. The Balaban J connectivity index is 1.99. The van der Waals surface area contributed by atoms with Crippen molar-refractivity contribution in [2.45, 2.75) is 34.1 Å². The minimum atomic E-state index is 0.258. The average molecular weight is 236 g/mol. The first-order valence-electron chi connectivity index (χ1n) is 6.58. The van der Waals surface area contributed by atoms with E-state index in [1.807, 2.05) is 11.8 Å². The van der Waals surface area contributed by atoms with Crippen LogP contribution in [0.4, 0.5) is 0 Å². The van der Waals surface area contributed by atoms with Gasteiger partial charge in [-0.05, 0) is 30.3 Å². The Labute approximate surface area is 104 Å². The van der Waals surface area contributed by atoms with Crippen LogP contribution < -0.4 is 5.32 Å². The molecule has 1 unspecified atom stereocenters. The normalized spacial score (nSPS) is 24.8. The van der Waals surface area contributed by atoms with Gasteiger partial charge in [-0.15, -0.1) is 0 Å². The molecule has 1 N–H and O–H groups in total. The molecule has 96 valence electrons. The molecule has 0 radical (unpaired) electrons. The van der Waals surface area contributed by atoms with Gasteiger partial charge in [-0.2, -0.15) is 0 Å². The summed E-state index contributed by atoms with van der Waals surface area (Å²) in [6.07, 6.45) is 1.15. The molecule has 2 heterocycles. The second-order valence-electron chi connectivity index (χ2n) is 6.43. The van der Waals surface area contributed by atoms with E-state index in [9.17, 15) is 4.79 Å². The van der Waals surface area contributed by atoms with E-state index in [1.54, 1.807) is 0 Å². The van der Waals surface area contributed by atoms with Crippen molar-refractivity contribution in [1.82, 2.24) is 10.2 Å². The minimum Gasteiger partial charge on any atom is -0.339 e. The molecule has 0 aliphatic carbocycles. The Morgan fingerprint density at radius 3 is 2.41 bits per heavy atom. The molecule has 1 amide bonds. The van der Waals surface area contributed by atoms with Crippen molar-refractivity contribution >= 4 is 5.91 Å². The number of nitrogens with zero attached hydrogens (tertiary/aromatic N) is 1. The maximum atomic E-state index is 12.3. The molecule has 2 fully saturated rings. The van der Waals surface area contributed by atoms with Crippen molar-refractivity contribution in [2.75, 3.05) is 26.2 Å². The molecular weight excluding hydrogens is 212 g/mol. The summed E-state index contributed by atoms with van der Waals surface area (Å²) in [5.41, 5.74) is 2.57. The van der Waals surface area contributed by atoms with Crippen molar-refractivity contribution in [3.63, 3.8) is 0 Å². The molecule has 0 bridgehead atoms. The van der Waals surface area contributed by atoms with Crippen LogP contribution in [0.2, 0.25) is 0 Å². The highest BCUT2D eigenvalue weighted by Crippen LogP contribution is 2.34. The number of nitrogens with one attached hydrogen (secondary N) is 1. The van der Waals surface area contributed by atoms with Crippen LogP contribution in [0, 0.1) is 11.3 Å². The summed E-state index contributed by atoms with van der Waals surface area (Å²) in [5.74, 6) is 0.900. The first kappa shape index (κ1) is 12.6. The number of hydrogen-bond acceptors (Lipinski definition) is 2. The fraction of sp³-hybridized carbons (Fsp3) is 0.786. The number of likely N-dealkylation sites (tertiary alicyclic amines) is 1. The largest absolute Gasteiger partial charge is 0.339 e. The van der Waals surface area contributed by atoms with Crippen LogP contribution in [0.5, 0.6) is 0 Å². The van der Waals surface area contributed by atoms with E-state index < -0.39 is 0 Å². The predicted molar refractivity (Wildman–Crippen MR) is 69.7 cm³/mol. The molecule has 17 heavy (non-hydrogen) atoms. The molecule has 0 saturated carbocycles. The lowest BCUT2D eigenvalue weighted by atomic mass is 9.80. The van der Waals surface area contributed by atoms with Gasteiger partial charge in [0.15, 0.2) is 0 Å². The highest BCUT2D eigenvalue weighted by atomic mass is 16.2. The van der Waals surface area contributed by atoms with E-state index in [1.165, 1.54) is 5.57 Å². The highest BCUT2D eigenvalue weighted by Gasteiger charge is 2.34. The van der Waals surface area contributed by atoms with Crippen LogP contribution >= 0.6 is 0 Å². The standard InChI is InChI=1S/C14H24N2O/c1-10(11-7-15-8-11)13(17)16-6-5-12(9-16)14(2,3)4/h12,15H,5-9H2,1-4H3. The van der Waals surface area contributed by atoms with Gasteiger partial charge in [-0.25, -0.2) is 0 Å². The summed E-state index contributed by atoms with van der Waals surface area (Å²) in [6.45, 7) is 12.4. The van der Waals surface area contributed by atoms with Gasteiger partial charge in [-0.3, -0.25) is 4.79 Å². The fourth-order valence-electron chi connectivity index (χ4n) is 2.56. The summed E-state index contributed by atoms with van der Waals surface area (Å²) in [6, 6.07) is 0. The van der Waals surface area contributed by atoms with E-state index in [2.05, 4.69) is 26.1 Å².